The number of thiocarbonyl (C=S) groups is 1. The van der Waals surface area contributed by atoms with Gasteiger partial charge in [-0.15, -0.1) is 0 Å². The van der Waals surface area contributed by atoms with Crippen LogP contribution in [0.2, 0.25) is 0 Å². The van der Waals surface area contributed by atoms with Crippen LogP contribution in [0.25, 0.3) is 0 Å². The predicted octanol–water partition coefficient (Wildman–Crippen LogP) is -0.496. The van der Waals surface area contributed by atoms with Crippen molar-refractivity contribution >= 4 is 40.8 Å². The molecule has 0 saturated carbocycles. The summed E-state index contributed by atoms with van der Waals surface area (Å²) in [6.45, 7) is 2.53. The molecule has 0 heterocycles. The van der Waals surface area contributed by atoms with Gasteiger partial charge in [0, 0.05) is 6.54 Å². The minimum Gasteiger partial charge on any atom is -0.392 e. The number of carbonyl (C=O) groups excluding carboxylic acids is 2. The van der Waals surface area contributed by atoms with E-state index in [0.717, 1.165) is 5.75 Å². The van der Waals surface area contributed by atoms with Crippen LogP contribution in [0.3, 0.4) is 0 Å². The molecule has 1 atom stereocenters. The first-order valence-electron chi connectivity index (χ1n) is 4.80. The molecule has 0 radical (unpaired) electrons. The SMILES string of the molecule is CSCC(C)CNC(=O)C(=O)NCC(N)=S. The molecule has 0 rings (SSSR count). The fraction of sp³-hybridized carbons (Fsp3) is 0.667. The van der Waals surface area contributed by atoms with Crippen molar-refractivity contribution in [3.05, 3.63) is 0 Å². The third-order valence-corrected chi connectivity index (χ3v) is 2.74. The summed E-state index contributed by atoms with van der Waals surface area (Å²) in [5, 5.41) is 4.86. The monoisotopic (exact) mass is 263 g/mol. The fourth-order valence-electron chi connectivity index (χ4n) is 0.938. The van der Waals surface area contributed by atoms with Crippen LogP contribution in [0.1, 0.15) is 6.92 Å². The van der Waals surface area contributed by atoms with Crippen molar-refractivity contribution in [2.45, 2.75) is 6.92 Å². The zero-order valence-corrected chi connectivity index (χ0v) is 11.0. The van der Waals surface area contributed by atoms with E-state index in [1.54, 1.807) is 11.8 Å². The van der Waals surface area contributed by atoms with Crippen LogP contribution in [-0.4, -0.2) is 41.9 Å². The second-order valence-corrected chi connectivity index (χ2v) is 4.85. The maximum atomic E-state index is 11.3. The molecule has 0 aliphatic heterocycles. The average Bonchev–Trinajstić information content (AvgIpc) is 2.22. The van der Waals surface area contributed by atoms with Crippen molar-refractivity contribution in [3.63, 3.8) is 0 Å². The van der Waals surface area contributed by atoms with Crippen molar-refractivity contribution in [3.8, 4) is 0 Å². The molecule has 1 unspecified atom stereocenters. The molecule has 0 aliphatic carbocycles. The van der Waals surface area contributed by atoms with Crippen molar-refractivity contribution in [1.82, 2.24) is 10.6 Å². The zero-order chi connectivity index (χ0) is 12.6. The Morgan fingerprint density at radius 2 is 1.94 bits per heavy atom. The van der Waals surface area contributed by atoms with Crippen molar-refractivity contribution in [2.75, 3.05) is 25.1 Å². The van der Waals surface area contributed by atoms with Gasteiger partial charge < -0.3 is 16.4 Å². The Kier molecular flexibility index (Phi) is 7.92. The normalized spacial score (nSPS) is 11.6. The molecule has 2 amide bonds. The van der Waals surface area contributed by atoms with Crippen molar-refractivity contribution in [1.29, 1.82) is 0 Å². The van der Waals surface area contributed by atoms with Gasteiger partial charge in [-0.05, 0) is 17.9 Å². The lowest BCUT2D eigenvalue weighted by molar-refractivity contribution is -0.139. The summed E-state index contributed by atoms with van der Waals surface area (Å²) in [7, 11) is 0. The Morgan fingerprint density at radius 1 is 1.38 bits per heavy atom. The predicted molar refractivity (Wildman–Crippen MR) is 70.4 cm³/mol. The number of rotatable bonds is 6. The maximum Gasteiger partial charge on any atom is 0.309 e. The number of hydrogen-bond donors (Lipinski definition) is 3. The molecule has 0 spiro atoms. The van der Waals surface area contributed by atoms with Gasteiger partial charge in [0.1, 0.15) is 0 Å². The third-order valence-electron chi connectivity index (χ3n) is 1.69. The molecular formula is C9H17N3O2S2. The number of amides is 2. The number of carbonyl (C=O) groups is 2. The Balaban J connectivity index is 3.79. The van der Waals surface area contributed by atoms with Gasteiger partial charge in [0.25, 0.3) is 0 Å². The molecule has 7 heteroatoms. The van der Waals surface area contributed by atoms with Crippen molar-refractivity contribution < 1.29 is 9.59 Å². The highest BCUT2D eigenvalue weighted by Gasteiger charge is 2.13. The van der Waals surface area contributed by atoms with E-state index in [4.69, 9.17) is 5.73 Å². The maximum absolute atomic E-state index is 11.3. The van der Waals surface area contributed by atoms with Gasteiger partial charge in [-0.1, -0.05) is 19.1 Å². The van der Waals surface area contributed by atoms with E-state index in [9.17, 15) is 9.59 Å². The lowest BCUT2D eigenvalue weighted by atomic mass is 10.2. The van der Waals surface area contributed by atoms with E-state index in [1.165, 1.54) is 0 Å². The van der Waals surface area contributed by atoms with Crippen LogP contribution in [0.5, 0.6) is 0 Å². The van der Waals surface area contributed by atoms with Crippen LogP contribution in [0.15, 0.2) is 0 Å². The van der Waals surface area contributed by atoms with Gasteiger partial charge >= 0.3 is 11.8 Å². The molecule has 4 N–H and O–H groups in total. The largest absolute Gasteiger partial charge is 0.392 e. The third kappa shape index (κ3) is 7.47. The first-order valence-corrected chi connectivity index (χ1v) is 6.60. The van der Waals surface area contributed by atoms with E-state index in [-0.39, 0.29) is 11.5 Å². The fourth-order valence-corrected chi connectivity index (χ4v) is 1.70. The lowest BCUT2D eigenvalue weighted by Crippen LogP contribution is -2.44. The van der Waals surface area contributed by atoms with Crippen LogP contribution in [0.4, 0.5) is 0 Å². The second kappa shape index (κ2) is 8.35. The van der Waals surface area contributed by atoms with Gasteiger partial charge in [0.05, 0.1) is 11.5 Å². The van der Waals surface area contributed by atoms with E-state index in [0.29, 0.717) is 12.5 Å². The highest BCUT2D eigenvalue weighted by Crippen LogP contribution is 2.02. The van der Waals surface area contributed by atoms with E-state index < -0.39 is 11.8 Å². The van der Waals surface area contributed by atoms with Gasteiger partial charge in [0.15, 0.2) is 0 Å². The van der Waals surface area contributed by atoms with Gasteiger partial charge in [-0.25, -0.2) is 0 Å². The molecule has 0 aromatic carbocycles. The molecule has 0 aliphatic rings. The molecule has 0 bridgehead atoms. The summed E-state index contributed by atoms with van der Waals surface area (Å²) in [4.78, 5) is 22.6. The molecule has 16 heavy (non-hydrogen) atoms. The average molecular weight is 263 g/mol. The van der Waals surface area contributed by atoms with E-state index >= 15 is 0 Å². The first kappa shape index (κ1) is 15.2. The number of hydrogen-bond acceptors (Lipinski definition) is 4. The van der Waals surface area contributed by atoms with Gasteiger partial charge in [-0.2, -0.15) is 11.8 Å². The summed E-state index contributed by atoms with van der Waals surface area (Å²) >= 11 is 6.27. The highest BCUT2D eigenvalue weighted by molar-refractivity contribution is 7.98. The highest BCUT2D eigenvalue weighted by atomic mass is 32.2. The smallest absolute Gasteiger partial charge is 0.309 e. The minimum atomic E-state index is -0.704. The van der Waals surface area contributed by atoms with Crippen LogP contribution in [0, 0.1) is 5.92 Å². The van der Waals surface area contributed by atoms with Crippen molar-refractivity contribution in [2.24, 2.45) is 11.7 Å². The van der Waals surface area contributed by atoms with Crippen LogP contribution in [-0.2, 0) is 9.59 Å². The zero-order valence-electron chi connectivity index (χ0n) is 9.41. The summed E-state index contributed by atoms with van der Waals surface area (Å²) < 4.78 is 0. The lowest BCUT2D eigenvalue weighted by Gasteiger charge is -2.10. The molecule has 0 aromatic heterocycles. The first-order chi connectivity index (χ1) is 7.47. The summed E-state index contributed by atoms with van der Waals surface area (Å²) in [6.07, 6.45) is 1.99. The number of nitrogens with two attached hydrogens (primary N) is 1. The minimum absolute atomic E-state index is 0.0436. The van der Waals surface area contributed by atoms with Crippen LogP contribution >= 0.6 is 24.0 Å². The molecule has 92 valence electrons. The molecule has 0 saturated heterocycles. The Labute approximate surface area is 105 Å². The molecule has 0 aromatic rings. The van der Waals surface area contributed by atoms with E-state index in [2.05, 4.69) is 22.9 Å². The summed E-state index contributed by atoms with van der Waals surface area (Å²) in [6, 6.07) is 0. The molecule has 0 fully saturated rings. The summed E-state index contributed by atoms with van der Waals surface area (Å²) in [5.41, 5.74) is 5.18. The van der Waals surface area contributed by atoms with Gasteiger partial charge in [0.2, 0.25) is 0 Å². The quantitative estimate of drug-likeness (QED) is 0.444. The number of nitrogens with one attached hydrogen (secondary N) is 2. The second-order valence-electron chi connectivity index (χ2n) is 3.42. The van der Waals surface area contributed by atoms with Crippen LogP contribution < -0.4 is 16.4 Å². The van der Waals surface area contributed by atoms with Gasteiger partial charge in [-0.3, -0.25) is 9.59 Å². The topological polar surface area (TPSA) is 84.2 Å². The molecular weight excluding hydrogens is 246 g/mol. The Morgan fingerprint density at radius 3 is 2.44 bits per heavy atom. The standard InChI is InChI=1S/C9H17N3O2S2/c1-6(5-16-2)3-11-8(13)9(14)12-4-7(10)15/h6H,3-5H2,1-2H3,(H2,10,15)(H,11,13)(H,12,14). The summed E-state index contributed by atoms with van der Waals surface area (Å²) in [5.74, 6) is -0.0786. The Hall–Kier alpha value is -0.820. The Bertz CT molecular complexity index is 271. The molecule has 5 nitrogen and oxygen atoms in total. The number of thioether (sulfide) groups is 1. The van der Waals surface area contributed by atoms with E-state index in [1.807, 2.05) is 13.2 Å².